The summed E-state index contributed by atoms with van der Waals surface area (Å²) in [6, 6.07) is 3.57. The van der Waals surface area contributed by atoms with Crippen LogP contribution in [-0.4, -0.2) is 43.7 Å². The molecule has 0 saturated carbocycles. The third-order valence-electron chi connectivity index (χ3n) is 4.59. The van der Waals surface area contributed by atoms with E-state index in [2.05, 4.69) is 4.98 Å². The van der Waals surface area contributed by atoms with Gasteiger partial charge in [0, 0.05) is 31.4 Å². The second-order valence-electron chi connectivity index (χ2n) is 6.13. The number of pyridine rings is 1. The van der Waals surface area contributed by atoms with Crippen LogP contribution in [0.3, 0.4) is 0 Å². The van der Waals surface area contributed by atoms with Crippen LogP contribution in [0.15, 0.2) is 24.4 Å². The van der Waals surface area contributed by atoms with E-state index in [1.807, 2.05) is 6.07 Å². The molecule has 0 bridgehead atoms. The Morgan fingerprint density at radius 1 is 1.07 bits per heavy atom. The van der Waals surface area contributed by atoms with Crippen LogP contribution in [0.4, 0.5) is 0 Å². The number of carbonyl (C=O) groups excluding carboxylic acids is 1. The van der Waals surface area contributed by atoms with E-state index < -0.39 is 0 Å². The third kappa shape index (κ3) is 3.88. The quantitative estimate of drug-likeness (QED) is 0.681. The number of amides is 1. The standard InChI is InChI=1S/C20H20Cl2N2O4/c1-26-15-6-4-12(10-23-15)5-7-16(25)24-9-8-13-14(11-24)18(22)20(28-3)19(27-2)17(13)21/h4-7,10H,8-9,11H2,1-3H3/b7-5+. The summed E-state index contributed by atoms with van der Waals surface area (Å²) >= 11 is 13.0. The number of carbonyl (C=O) groups is 1. The number of hydrogen-bond acceptors (Lipinski definition) is 5. The van der Waals surface area contributed by atoms with E-state index in [4.69, 9.17) is 37.4 Å². The molecule has 6 nitrogen and oxygen atoms in total. The van der Waals surface area contributed by atoms with Gasteiger partial charge in [0.05, 0.1) is 31.4 Å². The van der Waals surface area contributed by atoms with Gasteiger partial charge in [0.25, 0.3) is 0 Å². The molecule has 8 heteroatoms. The zero-order valence-corrected chi connectivity index (χ0v) is 17.3. The van der Waals surface area contributed by atoms with Crippen molar-refractivity contribution in [3.8, 4) is 17.4 Å². The minimum Gasteiger partial charge on any atom is -0.491 e. The normalized spacial score (nSPS) is 13.4. The Morgan fingerprint density at radius 2 is 1.75 bits per heavy atom. The second-order valence-corrected chi connectivity index (χ2v) is 6.88. The van der Waals surface area contributed by atoms with Crippen molar-refractivity contribution in [2.75, 3.05) is 27.9 Å². The van der Waals surface area contributed by atoms with Crippen molar-refractivity contribution in [3.05, 3.63) is 51.1 Å². The van der Waals surface area contributed by atoms with Gasteiger partial charge in [-0.3, -0.25) is 4.79 Å². The van der Waals surface area contributed by atoms with Gasteiger partial charge < -0.3 is 19.1 Å². The fourth-order valence-electron chi connectivity index (χ4n) is 3.12. The summed E-state index contributed by atoms with van der Waals surface area (Å²) in [7, 11) is 4.57. The molecule has 1 aliphatic heterocycles. The van der Waals surface area contributed by atoms with E-state index in [0.717, 1.165) is 16.7 Å². The molecule has 0 radical (unpaired) electrons. The summed E-state index contributed by atoms with van der Waals surface area (Å²) in [5.74, 6) is 1.19. The van der Waals surface area contributed by atoms with Gasteiger partial charge in [-0.1, -0.05) is 23.2 Å². The maximum absolute atomic E-state index is 12.6. The lowest BCUT2D eigenvalue weighted by Gasteiger charge is -2.30. The van der Waals surface area contributed by atoms with Gasteiger partial charge >= 0.3 is 0 Å². The van der Waals surface area contributed by atoms with E-state index in [1.54, 1.807) is 30.3 Å². The van der Waals surface area contributed by atoms with Crippen molar-refractivity contribution in [1.82, 2.24) is 9.88 Å². The maximum atomic E-state index is 12.6. The molecular weight excluding hydrogens is 403 g/mol. The topological polar surface area (TPSA) is 60.9 Å². The SMILES string of the molecule is COc1ccc(/C=C/C(=O)N2CCc3c(Cl)c(OC)c(OC)c(Cl)c3C2)cn1. The zero-order chi connectivity index (χ0) is 20.3. The zero-order valence-electron chi connectivity index (χ0n) is 15.8. The predicted octanol–water partition coefficient (Wildman–Crippen LogP) is 4.01. The molecule has 1 amide bonds. The smallest absolute Gasteiger partial charge is 0.246 e. The van der Waals surface area contributed by atoms with Crippen molar-refractivity contribution < 1.29 is 19.0 Å². The summed E-state index contributed by atoms with van der Waals surface area (Å²) in [6.45, 7) is 0.876. The highest BCUT2D eigenvalue weighted by molar-refractivity contribution is 6.37. The van der Waals surface area contributed by atoms with Crippen LogP contribution in [0.5, 0.6) is 17.4 Å². The first-order valence-corrected chi connectivity index (χ1v) is 9.33. The number of fused-ring (bicyclic) bond motifs is 1. The van der Waals surface area contributed by atoms with Crippen LogP contribution in [0, 0.1) is 0 Å². The predicted molar refractivity (Wildman–Crippen MR) is 109 cm³/mol. The number of halogens is 2. The van der Waals surface area contributed by atoms with Crippen LogP contribution < -0.4 is 14.2 Å². The number of rotatable bonds is 5. The van der Waals surface area contributed by atoms with E-state index in [9.17, 15) is 4.79 Å². The van der Waals surface area contributed by atoms with Crippen molar-refractivity contribution in [3.63, 3.8) is 0 Å². The Labute approximate surface area is 173 Å². The third-order valence-corrected chi connectivity index (χ3v) is 5.39. The molecule has 28 heavy (non-hydrogen) atoms. The van der Waals surface area contributed by atoms with Gasteiger partial charge in [0.2, 0.25) is 11.8 Å². The summed E-state index contributed by atoms with van der Waals surface area (Å²) < 4.78 is 15.7. The molecule has 0 saturated heterocycles. The van der Waals surface area contributed by atoms with Crippen molar-refractivity contribution in [2.45, 2.75) is 13.0 Å². The number of benzene rings is 1. The van der Waals surface area contributed by atoms with Gasteiger partial charge in [0.15, 0.2) is 11.5 Å². The van der Waals surface area contributed by atoms with Gasteiger partial charge in [-0.15, -0.1) is 0 Å². The second kappa shape index (κ2) is 8.71. The average molecular weight is 423 g/mol. The molecule has 0 spiro atoms. The Kier molecular flexibility index (Phi) is 6.31. The molecule has 2 heterocycles. The number of hydrogen-bond donors (Lipinski definition) is 0. The minimum absolute atomic E-state index is 0.122. The molecule has 148 valence electrons. The molecule has 2 aromatic rings. The maximum Gasteiger partial charge on any atom is 0.246 e. The first kappa shape index (κ1) is 20.3. The highest BCUT2D eigenvalue weighted by Crippen LogP contribution is 2.47. The fraction of sp³-hybridized carbons (Fsp3) is 0.300. The van der Waals surface area contributed by atoms with Gasteiger partial charge in [-0.2, -0.15) is 0 Å². The van der Waals surface area contributed by atoms with Crippen molar-refractivity contribution >= 4 is 35.2 Å². The highest BCUT2D eigenvalue weighted by atomic mass is 35.5. The summed E-state index contributed by atoms with van der Waals surface area (Å²) in [5, 5.41) is 0.894. The fourth-order valence-corrected chi connectivity index (χ4v) is 3.83. The lowest BCUT2D eigenvalue weighted by atomic mass is 9.98. The Balaban J connectivity index is 1.81. The molecule has 1 aromatic heterocycles. The van der Waals surface area contributed by atoms with Crippen LogP contribution in [-0.2, 0) is 17.8 Å². The molecular formula is C20H20Cl2N2O4. The number of ether oxygens (including phenoxy) is 3. The number of nitrogens with zero attached hydrogens (tertiary/aromatic N) is 2. The Morgan fingerprint density at radius 3 is 2.32 bits per heavy atom. The molecule has 0 aliphatic carbocycles. The summed E-state index contributed by atoms with van der Waals surface area (Å²) in [6.07, 6.45) is 5.46. The van der Waals surface area contributed by atoms with Gasteiger partial charge in [-0.25, -0.2) is 4.98 Å². The minimum atomic E-state index is -0.122. The molecule has 3 rings (SSSR count). The van der Waals surface area contributed by atoms with Crippen LogP contribution in [0.2, 0.25) is 10.0 Å². The van der Waals surface area contributed by atoms with Crippen molar-refractivity contribution in [1.29, 1.82) is 0 Å². The molecule has 0 N–H and O–H groups in total. The number of aromatic nitrogens is 1. The monoisotopic (exact) mass is 422 g/mol. The van der Waals surface area contributed by atoms with Crippen LogP contribution in [0.1, 0.15) is 16.7 Å². The average Bonchev–Trinajstić information content (AvgIpc) is 2.74. The molecule has 0 fully saturated rings. The molecule has 1 aliphatic rings. The first-order valence-electron chi connectivity index (χ1n) is 8.57. The van der Waals surface area contributed by atoms with Crippen molar-refractivity contribution in [2.24, 2.45) is 0 Å². The van der Waals surface area contributed by atoms with E-state index >= 15 is 0 Å². The number of methoxy groups -OCH3 is 3. The lowest BCUT2D eigenvalue weighted by molar-refractivity contribution is -0.126. The summed E-state index contributed by atoms with van der Waals surface area (Å²) in [4.78, 5) is 18.5. The Hall–Kier alpha value is -2.44. The van der Waals surface area contributed by atoms with Crippen LogP contribution >= 0.6 is 23.2 Å². The van der Waals surface area contributed by atoms with Gasteiger partial charge in [0.1, 0.15) is 0 Å². The van der Waals surface area contributed by atoms with Gasteiger partial charge in [-0.05, 0) is 35.3 Å². The van der Waals surface area contributed by atoms with E-state index in [-0.39, 0.29) is 5.91 Å². The summed E-state index contributed by atoms with van der Waals surface area (Å²) in [5.41, 5.74) is 2.47. The van der Waals surface area contributed by atoms with E-state index in [0.29, 0.717) is 46.9 Å². The van der Waals surface area contributed by atoms with E-state index in [1.165, 1.54) is 20.3 Å². The van der Waals surface area contributed by atoms with Crippen LogP contribution in [0.25, 0.3) is 6.08 Å². The largest absolute Gasteiger partial charge is 0.491 e. The molecule has 0 unspecified atom stereocenters. The highest BCUT2D eigenvalue weighted by Gasteiger charge is 2.29. The molecule has 1 aromatic carbocycles. The first-order chi connectivity index (χ1) is 13.5. The Bertz CT molecular complexity index is 914. The lowest BCUT2D eigenvalue weighted by Crippen LogP contribution is -2.35. The molecule has 0 atom stereocenters.